The summed E-state index contributed by atoms with van der Waals surface area (Å²) in [5.74, 6) is 1.54. The van der Waals surface area contributed by atoms with E-state index in [9.17, 15) is 4.79 Å². The van der Waals surface area contributed by atoms with Crippen LogP contribution in [0.25, 0.3) is 0 Å². The zero-order chi connectivity index (χ0) is 15.6. The highest BCUT2D eigenvalue weighted by Gasteiger charge is 2.20. The molecule has 0 bridgehead atoms. The van der Waals surface area contributed by atoms with Gasteiger partial charge in [-0.15, -0.1) is 0 Å². The Morgan fingerprint density at radius 3 is 2.71 bits per heavy atom. The number of carbonyl (C=O) groups is 1. The topological polar surface area (TPSA) is 38.8 Å². The summed E-state index contributed by atoms with van der Waals surface area (Å²) in [6.07, 6.45) is 1.57. The van der Waals surface area contributed by atoms with E-state index in [-0.39, 0.29) is 18.2 Å². The third kappa shape index (κ3) is 3.20. The lowest BCUT2D eigenvalue weighted by atomic mass is 10.1. The Balaban J connectivity index is 0.00000169. The molecule has 0 aromatic heterocycles. The zero-order valence-corrected chi connectivity index (χ0v) is 14.1. The predicted molar refractivity (Wildman–Crippen MR) is 88.7 cm³/mol. The van der Waals surface area contributed by atoms with Crippen LogP contribution in [0.4, 0.5) is 5.69 Å². The second kappa shape index (κ2) is 7.14. The second-order valence-electron chi connectivity index (χ2n) is 5.90. The fraction of sp³-hybridized carbons (Fsp3) is 0.316. The number of fused-ring (bicyclic) bond motifs is 2. The third-order valence-electron chi connectivity index (χ3n) is 4.46. The normalized spacial score (nSPS) is 14.8. The van der Waals surface area contributed by atoms with Crippen LogP contribution >= 0.6 is 0 Å². The molecule has 2 aliphatic heterocycles. The van der Waals surface area contributed by atoms with Crippen molar-refractivity contribution in [3.63, 3.8) is 0 Å². The van der Waals surface area contributed by atoms with Crippen LogP contribution in [0.15, 0.2) is 42.5 Å². The molecule has 0 radical (unpaired) electrons. The fourth-order valence-corrected chi connectivity index (χ4v) is 3.24. The molecule has 24 heavy (non-hydrogen) atoms. The predicted octanol–water partition coefficient (Wildman–Crippen LogP) is 0.0973. The molecule has 0 aliphatic carbocycles. The first-order valence-corrected chi connectivity index (χ1v) is 8.07. The maximum atomic E-state index is 12.5. The summed E-state index contributed by atoms with van der Waals surface area (Å²) in [5.41, 5.74) is 3.34. The number of para-hydroxylation sites is 1. The van der Waals surface area contributed by atoms with Crippen LogP contribution in [0.2, 0.25) is 0 Å². The van der Waals surface area contributed by atoms with Crippen molar-refractivity contribution < 1.29 is 26.7 Å². The molecule has 0 saturated carbocycles. The molecule has 2 aromatic carbocycles. The summed E-state index contributed by atoms with van der Waals surface area (Å²) in [6, 6.07) is 13.9. The quantitative estimate of drug-likeness (QED) is 0.737. The first-order valence-electron chi connectivity index (χ1n) is 8.07. The number of halogens is 1. The summed E-state index contributed by atoms with van der Waals surface area (Å²) in [5, 5.41) is 0. The van der Waals surface area contributed by atoms with Gasteiger partial charge in [0.05, 0.1) is 0 Å². The number of hydrogen-bond donors (Lipinski definition) is 0. The van der Waals surface area contributed by atoms with Gasteiger partial charge in [-0.3, -0.25) is 4.79 Å². The summed E-state index contributed by atoms with van der Waals surface area (Å²) < 4.78 is 11.0. The first kappa shape index (κ1) is 16.7. The Morgan fingerprint density at radius 2 is 1.83 bits per heavy atom. The lowest BCUT2D eigenvalue weighted by molar-refractivity contribution is -0.0000130. The van der Waals surface area contributed by atoms with E-state index in [0.29, 0.717) is 30.9 Å². The summed E-state index contributed by atoms with van der Waals surface area (Å²) >= 11 is 0. The average Bonchev–Trinajstić information content (AvgIpc) is 3.02. The molecule has 0 spiro atoms. The number of nitrogens with zero attached hydrogens (tertiary/aromatic N) is 1. The number of rotatable bonds is 4. The lowest BCUT2D eigenvalue weighted by Gasteiger charge is -2.20. The number of ether oxygens (including phenoxy) is 2. The molecule has 2 aromatic rings. The Morgan fingerprint density at radius 1 is 1.04 bits per heavy atom. The Hall–Kier alpha value is -2.20. The monoisotopic (exact) mass is 344 g/mol. The molecule has 4 rings (SSSR count). The minimum atomic E-state index is 0. The van der Waals surface area contributed by atoms with Gasteiger partial charge in [0.2, 0.25) is 0 Å². The molecule has 2 aliphatic rings. The van der Waals surface area contributed by atoms with E-state index in [0.717, 1.165) is 25.3 Å². The van der Waals surface area contributed by atoms with E-state index >= 15 is 0 Å². The van der Waals surface area contributed by atoms with Crippen molar-refractivity contribution in [3.05, 3.63) is 53.6 Å². The molecule has 0 atom stereocenters. The van der Waals surface area contributed by atoms with Crippen LogP contribution < -0.4 is 26.8 Å². The van der Waals surface area contributed by atoms with Gasteiger partial charge in [0.15, 0.2) is 17.3 Å². The average molecular weight is 345 g/mol. The van der Waals surface area contributed by atoms with Crippen LogP contribution in [-0.2, 0) is 6.42 Å². The SMILES string of the molecule is O=C(CCN1CCc2ccccc21)c1ccc2c(c1)OCCO2.[Cl-]. The Labute approximate surface area is 147 Å². The van der Waals surface area contributed by atoms with Crippen molar-refractivity contribution >= 4 is 11.5 Å². The smallest absolute Gasteiger partial charge is 0.164 e. The van der Waals surface area contributed by atoms with E-state index in [1.165, 1.54) is 11.3 Å². The molecule has 126 valence electrons. The molecule has 0 amide bonds. The highest BCUT2D eigenvalue weighted by Crippen LogP contribution is 2.31. The number of benzene rings is 2. The highest BCUT2D eigenvalue weighted by atomic mass is 35.5. The van der Waals surface area contributed by atoms with Crippen LogP contribution in [0, 0.1) is 0 Å². The minimum absolute atomic E-state index is 0. The molecule has 5 heteroatoms. The zero-order valence-electron chi connectivity index (χ0n) is 13.3. The van der Waals surface area contributed by atoms with Gasteiger partial charge in [0.25, 0.3) is 0 Å². The summed E-state index contributed by atoms with van der Waals surface area (Å²) in [6.45, 7) is 2.85. The first-order chi connectivity index (χ1) is 11.3. The standard InChI is InChI=1S/C19H19NO3.ClH/c21-17(15-5-6-18-19(13-15)23-12-11-22-18)8-10-20-9-7-14-3-1-2-4-16(14)20;/h1-6,13H,7-12H2;1H/p-1. The number of ketones is 1. The fourth-order valence-electron chi connectivity index (χ4n) is 3.24. The van der Waals surface area contributed by atoms with Gasteiger partial charge in [0, 0.05) is 30.8 Å². The van der Waals surface area contributed by atoms with E-state index in [1.54, 1.807) is 6.07 Å². The summed E-state index contributed by atoms with van der Waals surface area (Å²) in [7, 11) is 0. The number of carbonyl (C=O) groups excluding carboxylic acids is 1. The van der Waals surface area contributed by atoms with Crippen molar-refractivity contribution in [1.29, 1.82) is 0 Å². The lowest BCUT2D eigenvalue weighted by Crippen LogP contribution is -3.00. The van der Waals surface area contributed by atoms with E-state index < -0.39 is 0 Å². The molecule has 2 heterocycles. The van der Waals surface area contributed by atoms with Crippen molar-refractivity contribution in [2.75, 3.05) is 31.2 Å². The van der Waals surface area contributed by atoms with Gasteiger partial charge < -0.3 is 26.8 Å². The van der Waals surface area contributed by atoms with Crippen LogP contribution in [-0.4, -0.2) is 32.1 Å². The Bertz CT molecular complexity index is 747. The van der Waals surface area contributed by atoms with Crippen molar-refractivity contribution in [1.82, 2.24) is 0 Å². The van der Waals surface area contributed by atoms with Crippen molar-refractivity contribution in [2.45, 2.75) is 12.8 Å². The molecule has 0 N–H and O–H groups in total. The minimum Gasteiger partial charge on any atom is -1.00 e. The van der Waals surface area contributed by atoms with E-state index in [4.69, 9.17) is 9.47 Å². The van der Waals surface area contributed by atoms with Gasteiger partial charge in [-0.05, 0) is 36.2 Å². The number of hydrogen-bond acceptors (Lipinski definition) is 4. The van der Waals surface area contributed by atoms with E-state index in [1.807, 2.05) is 12.1 Å². The van der Waals surface area contributed by atoms with Crippen molar-refractivity contribution in [3.8, 4) is 11.5 Å². The maximum Gasteiger partial charge on any atom is 0.164 e. The van der Waals surface area contributed by atoms with Gasteiger partial charge in [-0.1, -0.05) is 18.2 Å². The Kier molecular flexibility index (Phi) is 4.95. The largest absolute Gasteiger partial charge is 1.00 e. The van der Waals surface area contributed by atoms with Crippen LogP contribution in [0.3, 0.4) is 0 Å². The van der Waals surface area contributed by atoms with Crippen LogP contribution in [0.1, 0.15) is 22.3 Å². The van der Waals surface area contributed by atoms with Gasteiger partial charge in [-0.25, -0.2) is 0 Å². The summed E-state index contributed by atoms with van der Waals surface area (Å²) in [4.78, 5) is 14.8. The molecule has 0 unspecified atom stereocenters. The second-order valence-corrected chi connectivity index (χ2v) is 5.90. The third-order valence-corrected chi connectivity index (χ3v) is 4.46. The number of anilines is 1. The van der Waals surface area contributed by atoms with Gasteiger partial charge in [0.1, 0.15) is 13.2 Å². The molecule has 0 saturated heterocycles. The van der Waals surface area contributed by atoms with Crippen molar-refractivity contribution in [2.24, 2.45) is 0 Å². The molecular formula is C19H19ClNO3-. The number of Topliss-reactive ketones (excluding diaryl/α,β-unsaturated/α-hetero) is 1. The molecule has 4 nitrogen and oxygen atoms in total. The molecular weight excluding hydrogens is 326 g/mol. The molecule has 0 fully saturated rings. The van der Waals surface area contributed by atoms with Gasteiger partial charge >= 0.3 is 0 Å². The highest BCUT2D eigenvalue weighted by molar-refractivity contribution is 5.97. The van der Waals surface area contributed by atoms with E-state index in [2.05, 4.69) is 29.2 Å². The van der Waals surface area contributed by atoms with Gasteiger partial charge in [-0.2, -0.15) is 0 Å². The van der Waals surface area contributed by atoms with Crippen LogP contribution in [0.5, 0.6) is 11.5 Å². The maximum absolute atomic E-state index is 12.5.